The molecule has 1 aliphatic heterocycles. The third kappa shape index (κ3) is 1.83. The van der Waals surface area contributed by atoms with Crippen LogP contribution in [0.1, 0.15) is 0 Å². The lowest BCUT2D eigenvalue weighted by Crippen LogP contribution is -2.52. The van der Waals surface area contributed by atoms with Crippen molar-refractivity contribution in [1.29, 1.82) is 0 Å². The van der Waals surface area contributed by atoms with Gasteiger partial charge in [-0.1, -0.05) is 0 Å². The Morgan fingerprint density at radius 3 is 2.62 bits per heavy atom. The zero-order chi connectivity index (χ0) is 10.0. The highest BCUT2D eigenvalue weighted by atomic mass is 16.2. The van der Waals surface area contributed by atoms with E-state index in [1.54, 1.807) is 19.1 Å². The fourth-order valence-corrected chi connectivity index (χ4v) is 1.03. The smallest absolute Gasteiger partial charge is 0.296 e. The summed E-state index contributed by atoms with van der Waals surface area (Å²) in [5, 5.41) is 7.97. The average molecular weight is 184 g/mol. The van der Waals surface area contributed by atoms with Crippen LogP contribution in [-0.4, -0.2) is 60.7 Å². The van der Waals surface area contributed by atoms with E-state index >= 15 is 0 Å². The molecule has 0 bridgehead atoms. The summed E-state index contributed by atoms with van der Waals surface area (Å²) < 4.78 is 0. The van der Waals surface area contributed by atoms with Crippen LogP contribution < -0.4 is 0 Å². The maximum Gasteiger partial charge on any atom is 0.355 e. The van der Waals surface area contributed by atoms with Gasteiger partial charge in [0.15, 0.2) is 6.29 Å². The van der Waals surface area contributed by atoms with Gasteiger partial charge >= 0.3 is 6.03 Å². The van der Waals surface area contributed by atoms with E-state index < -0.39 is 0 Å². The van der Waals surface area contributed by atoms with Crippen molar-refractivity contribution < 1.29 is 9.59 Å². The third-order valence-electron chi connectivity index (χ3n) is 1.71. The molecule has 0 N–H and O–H groups in total. The molecule has 0 fully saturated rings. The van der Waals surface area contributed by atoms with Crippen LogP contribution in [0.2, 0.25) is 0 Å². The first kappa shape index (κ1) is 9.66. The molecular formula is C7H12N4O2. The molecule has 13 heavy (non-hydrogen) atoms. The van der Waals surface area contributed by atoms with Gasteiger partial charge in [-0.05, 0) is 0 Å². The van der Waals surface area contributed by atoms with Crippen LogP contribution in [0.15, 0.2) is 5.10 Å². The Balaban J connectivity index is 2.87. The van der Waals surface area contributed by atoms with Gasteiger partial charge in [-0.3, -0.25) is 4.79 Å². The summed E-state index contributed by atoms with van der Waals surface area (Å²) >= 11 is 0. The van der Waals surface area contributed by atoms with E-state index in [4.69, 9.17) is 0 Å². The lowest BCUT2D eigenvalue weighted by molar-refractivity contribution is -0.103. The van der Waals surface area contributed by atoms with E-state index in [0.717, 1.165) is 5.01 Å². The minimum atomic E-state index is -0.240. The number of carbonyl (C=O) groups excluding carboxylic acids is 2. The van der Waals surface area contributed by atoms with Gasteiger partial charge in [-0.15, -0.1) is 0 Å². The number of hydrogen-bond donors (Lipinski definition) is 0. The van der Waals surface area contributed by atoms with E-state index in [0.29, 0.717) is 12.0 Å². The normalized spacial score (nSPS) is 17.8. The maximum atomic E-state index is 11.4. The second-order valence-electron chi connectivity index (χ2n) is 2.92. The van der Waals surface area contributed by atoms with Crippen LogP contribution in [0, 0.1) is 0 Å². The fraction of sp³-hybridized carbons (Fsp3) is 0.571. The third-order valence-corrected chi connectivity index (χ3v) is 1.71. The highest BCUT2D eigenvalue weighted by Crippen LogP contribution is 2.05. The Morgan fingerprint density at radius 2 is 2.15 bits per heavy atom. The summed E-state index contributed by atoms with van der Waals surface area (Å²) in [5.41, 5.74) is 0.343. The van der Waals surface area contributed by atoms with Gasteiger partial charge in [0.05, 0.1) is 6.54 Å². The van der Waals surface area contributed by atoms with E-state index in [9.17, 15) is 9.59 Å². The summed E-state index contributed by atoms with van der Waals surface area (Å²) in [4.78, 5) is 21.9. The molecule has 0 atom stereocenters. The van der Waals surface area contributed by atoms with Gasteiger partial charge < -0.3 is 0 Å². The summed E-state index contributed by atoms with van der Waals surface area (Å²) in [7, 11) is 4.99. The van der Waals surface area contributed by atoms with Gasteiger partial charge in [0.25, 0.3) is 0 Å². The van der Waals surface area contributed by atoms with Crippen LogP contribution in [0.25, 0.3) is 0 Å². The Morgan fingerprint density at radius 1 is 1.54 bits per heavy atom. The molecule has 0 spiro atoms. The number of rotatable bonds is 2. The molecule has 0 aromatic rings. The summed E-state index contributed by atoms with van der Waals surface area (Å²) in [6, 6.07) is -0.240. The molecule has 0 aliphatic carbocycles. The highest BCUT2D eigenvalue weighted by molar-refractivity contribution is 6.30. The Kier molecular flexibility index (Phi) is 2.62. The first-order valence-corrected chi connectivity index (χ1v) is 3.81. The predicted octanol–water partition coefficient (Wildman–Crippen LogP) is -0.615. The lowest BCUT2D eigenvalue weighted by atomic mass is 10.4. The number of hydrogen-bond acceptors (Lipinski definition) is 4. The maximum absolute atomic E-state index is 11.4. The summed E-state index contributed by atoms with van der Waals surface area (Å²) in [5.74, 6) is 0. The number of urea groups is 1. The first-order chi connectivity index (χ1) is 6.06. The zero-order valence-electron chi connectivity index (χ0n) is 7.89. The van der Waals surface area contributed by atoms with Crippen molar-refractivity contribution >= 4 is 18.0 Å². The molecule has 0 radical (unpaired) electrons. The van der Waals surface area contributed by atoms with Crippen LogP contribution >= 0.6 is 0 Å². The van der Waals surface area contributed by atoms with E-state index in [2.05, 4.69) is 5.10 Å². The number of amides is 2. The standard InChI is InChI=1S/C7H12N4O2/c1-9(2)11-4-6(5-12)8-10(3)7(11)13/h5H,4H2,1-3H3. The van der Waals surface area contributed by atoms with Crippen molar-refractivity contribution in [2.75, 3.05) is 27.7 Å². The van der Waals surface area contributed by atoms with E-state index in [1.807, 2.05) is 0 Å². The van der Waals surface area contributed by atoms with Crippen molar-refractivity contribution in [2.24, 2.45) is 5.10 Å². The quantitative estimate of drug-likeness (QED) is 0.538. The van der Waals surface area contributed by atoms with E-state index in [-0.39, 0.29) is 12.6 Å². The zero-order valence-corrected chi connectivity index (χ0v) is 7.89. The molecule has 0 saturated heterocycles. The van der Waals surface area contributed by atoms with Crippen molar-refractivity contribution in [2.45, 2.75) is 0 Å². The molecule has 6 nitrogen and oxygen atoms in total. The summed E-state index contributed by atoms with van der Waals surface area (Å²) in [6.45, 7) is 0.236. The molecule has 0 saturated carbocycles. The number of carbonyl (C=O) groups is 2. The Hall–Kier alpha value is -1.43. The van der Waals surface area contributed by atoms with E-state index in [1.165, 1.54) is 12.1 Å². The van der Waals surface area contributed by atoms with Crippen LogP contribution in [0.3, 0.4) is 0 Å². The minimum absolute atomic E-state index is 0.236. The van der Waals surface area contributed by atoms with Gasteiger partial charge in [0, 0.05) is 21.1 Å². The van der Waals surface area contributed by atoms with Gasteiger partial charge in [0.2, 0.25) is 0 Å². The van der Waals surface area contributed by atoms with Crippen LogP contribution in [0.5, 0.6) is 0 Å². The molecule has 0 aromatic heterocycles. The van der Waals surface area contributed by atoms with Gasteiger partial charge in [-0.2, -0.15) is 5.10 Å². The van der Waals surface area contributed by atoms with Crippen molar-refractivity contribution in [3.8, 4) is 0 Å². The van der Waals surface area contributed by atoms with Crippen molar-refractivity contribution in [3.05, 3.63) is 0 Å². The monoisotopic (exact) mass is 184 g/mol. The number of nitrogens with zero attached hydrogens (tertiary/aromatic N) is 4. The molecule has 72 valence electrons. The lowest BCUT2D eigenvalue weighted by Gasteiger charge is -2.33. The van der Waals surface area contributed by atoms with Crippen molar-refractivity contribution in [3.63, 3.8) is 0 Å². The molecule has 1 rings (SSSR count). The number of aldehydes is 1. The molecule has 6 heteroatoms. The van der Waals surface area contributed by atoms with Crippen LogP contribution in [-0.2, 0) is 4.79 Å². The van der Waals surface area contributed by atoms with Crippen molar-refractivity contribution in [1.82, 2.24) is 15.0 Å². The van der Waals surface area contributed by atoms with Crippen LogP contribution in [0.4, 0.5) is 4.79 Å². The first-order valence-electron chi connectivity index (χ1n) is 3.81. The average Bonchev–Trinajstić information content (AvgIpc) is 2.09. The molecular weight excluding hydrogens is 172 g/mol. The second kappa shape index (κ2) is 3.53. The molecule has 1 aliphatic rings. The SMILES string of the molecule is CN1N=C(C=O)CN(N(C)C)C1=O. The fourth-order valence-electron chi connectivity index (χ4n) is 1.03. The Labute approximate surface area is 76.4 Å². The highest BCUT2D eigenvalue weighted by Gasteiger charge is 2.26. The number of hydrazone groups is 1. The largest absolute Gasteiger partial charge is 0.355 e. The molecule has 2 amide bonds. The minimum Gasteiger partial charge on any atom is -0.296 e. The van der Waals surface area contributed by atoms with Gasteiger partial charge in [-0.25, -0.2) is 19.8 Å². The molecule has 1 heterocycles. The Bertz CT molecular complexity index is 261. The second-order valence-corrected chi connectivity index (χ2v) is 2.92. The number of hydrazine groups is 1. The molecule has 0 unspecified atom stereocenters. The predicted molar refractivity (Wildman–Crippen MR) is 47.1 cm³/mol. The molecule has 0 aromatic carbocycles. The topological polar surface area (TPSA) is 56.2 Å². The van der Waals surface area contributed by atoms with Gasteiger partial charge in [0.1, 0.15) is 5.71 Å². The summed E-state index contributed by atoms with van der Waals surface area (Å²) in [6.07, 6.45) is 0.652.